The van der Waals surface area contributed by atoms with Crippen LogP contribution in [0.15, 0.2) is 60.0 Å². The number of ether oxygens (including phenoxy) is 1. The third kappa shape index (κ3) is 4.20. The Balaban J connectivity index is 1.83. The van der Waals surface area contributed by atoms with Crippen LogP contribution in [0, 0.1) is 0 Å². The number of nitrogens with zero attached hydrogens (tertiary/aromatic N) is 2. The largest absolute Gasteiger partial charge is 0.443 e. The highest BCUT2D eigenvalue weighted by atomic mass is 16.5. The molecule has 0 aliphatic rings. The van der Waals surface area contributed by atoms with E-state index in [1.807, 2.05) is 42.5 Å². The number of hydrogen-bond donors (Lipinski definition) is 1. The average molecular weight is 269 g/mol. The molecule has 1 amide bonds. The van der Waals surface area contributed by atoms with Gasteiger partial charge < -0.3 is 4.74 Å². The first kappa shape index (κ1) is 13.7. The number of pyridine rings is 1. The molecule has 20 heavy (non-hydrogen) atoms. The molecule has 0 fully saturated rings. The summed E-state index contributed by atoms with van der Waals surface area (Å²) in [6, 6.07) is 13.1. The minimum absolute atomic E-state index is 0.219. The number of hydrogen-bond acceptors (Lipinski definition) is 4. The van der Waals surface area contributed by atoms with Gasteiger partial charge in [0.1, 0.15) is 6.61 Å². The molecular formula is C15H15N3O2. The van der Waals surface area contributed by atoms with E-state index < -0.39 is 6.09 Å². The van der Waals surface area contributed by atoms with E-state index in [9.17, 15) is 4.79 Å². The lowest BCUT2D eigenvalue weighted by Gasteiger charge is -2.05. The Kier molecular flexibility index (Phi) is 4.83. The fourth-order valence-corrected chi connectivity index (χ4v) is 1.54. The zero-order valence-electron chi connectivity index (χ0n) is 11.1. The summed E-state index contributed by atoms with van der Waals surface area (Å²) < 4.78 is 5.04. The van der Waals surface area contributed by atoms with Gasteiger partial charge in [-0.15, -0.1) is 0 Å². The van der Waals surface area contributed by atoms with Gasteiger partial charge in [-0.3, -0.25) is 4.98 Å². The van der Waals surface area contributed by atoms with E-state index in [1.54, 1.807) is 19.3 Å². The topological polar surface area (TPSA) is 63.6 Å². The summed E-state index contributed by atoms with van der Waals surface area (Å²) in [6.07, 6.45) is 2.76. The van der Waals surface area contributed by atoms with E-state index in [0.29, 0.717) is 5.71 Å². The first-order valence-corrected chi connectivity index (χ1v) is 6.17. The number of benzene rings is 1. The molecule has 0 saturated carbocycles. The number of carbonyl (C=O) groups excluding carboxylic acids is 1. The Morgan fingerprint density at radius 1 is 1.20 bits per heavy atom. The Morgan fingerprint density at radius 2 is 1.90 bits per heavy atom. The van der Waals surface area contributed by atoms with Gasteiger partial charge in [-0.2, -0.15) is 5.10 Å². The molecule has 0 atom stereocenters. The highest BCUT2D eigenvalue weighted by molar-refractivity contribution is 5.98. The molecular weight excluding hydrogens is 254 g/mol. The molecule has 1 aromatic carbocycles. The number of nitrogens with one attached hydrogen (secondary N) is 1. The van der Waals surface area contributed by atoms with Crippen molar-refractivity contribution in [1.29, 1.82) is 0 Å². The summed E-state index contributed by atoms with van der Waals surface area (Å²) in [7, 11) is 0. The fourth-order valence-electron chi connectivity index (χ4n) is 1.54. The molecule has 0 aliphatic carbocycles. The van der Waals surface area contributed by atoms with Gasteiger partial charge in [0.15, 0.2) is 0 Å². The predicted octanol–water partition coefficient (Wildman–Crippen LogP) is 2.73. The van der Waals surface area contributed by atoms with E-state index in [4.69, 9.17) is 4.74 Å². The highest BCUT2D eigenvalue weighted by Crippen LogP contribution is 2.01. The monoisotopic (exact) mass is 269 g/mol. The van der Waals surface area contributed by atoms with Gasteiger partial charge in [0.25, 0.3) is 0 Å². The molecule has 1 aromatic heterocycles. The molecule has 0 aliphatic heterocycles. The quantitative estimate of drug-likeness (QED) is 0.685. The van der Waals surface area contributed by atoms with Crippen molar-refractivity contribution in [2.24, 2.45) is 5.10 Å². The summed E-state index contributed by atoms with van der Waals surface area (Å²) in [5.41, 5.74) is 4.86. The van der Waals surface area contributed by atoms with Gasteiger partial charge in [0, 0.05) is 18.0 Å². The molecule has 0 radical (unpaired) electrons. The summed E-state index contributed by atoms with van der Waals surface area (Å²) in [5.74, 6) is 0. The second-order valence-corrected chi connectivity index (χ2v) is 4.11. The first-order valence-electron chi connectivity index (χ1n) is 6.17. The Morgan fingerprint density at radius 3 is 2.60 bits per heavy atom. The molecule has 1 heterocycles. The molecule has 0 saturated heterocycles. The summed E-state index contributed by atoms with van der Waals surface area (Å²) in [4.78, 5) is 15.4. The number of rotatable bonds is 4. The molecule has 5 nitrogen and oxygen atoms in total. The average Bonchev–Trinajstić information content (AvgIpc) is 2.52. The van der Waals surface area contributed by atoms with Gasteiger partial charge >= 0.3 is 6.09 Å². The summed E-state index contributed by atoms with van der Waals surface area (Å²) in [5, 5.41) is 3.97. The van der Waals surface area contributed by atoms with Crippen LogP contribution in [-0.2, 0) is 11.3 Å². The normalized spacial score (nSPS) is 10.9. The lowest BCUT2D eigenvalue weighted by molar-refractivity contribution is 0.140. The van der Waals surface area contributed by atoms with Crippen molar-refractivity contribution in [3.8, 4) is 0 Å². The van der Waals surface area contributed by atoms with Gasteiger partial charge in [0.05, 0.1) is 5.71 Å². The minimum atomic E-state index is -0.581. The Hall–Kier alpha value is -2.69. The van der Waals surface area contributed by atoms with Crippen LogP contribution in [0.4, 0.5) is 4.79 Å². The number of carbonyl (C=O) groups is 1. The van der Waals surface area contributed by atoms with E-state index in [0.717, 1.165) is 11.1 Å². The predicted molar refractivity (Wildman–Crippen MR) is 76.2 cm³/mol. The van der Waals surface area contributed by atoms with E-state index in [2.05, 4.69) is 15.5 Å². The SMILES string of the molecule is CC(=NNC(=O)OCc1ccccc1)c1ccncc1. The number of hydrazone groups is 1. The number of amides is 1. The first-order chi connectivity index (χ1) is 9.75. The van der Waals surface area contributed by atoms with Crippen LogP contribution >= 0.6 is 0 Å². The Bertz CT molecular complexity index is 583. The van der Waals surface area contributed by atoms with E-state index in [1.165, 1.54) is 0 Å². The minimum Gasteiger partial charge on any atom is -0.443 e. The van der Waals surface area contributed by atoms with Gasteiger partial charge in [-0.1, -0.05) is 30.3 Å². The third-order valence-electron chi connectivity index (χ3n) is 2.63. The van der Waals surface area contributed by atoms with E-state index in [-0.39, 0.29) is 6.61 Å². The lowest BCUT2D eigenvalue weighted by atomic mass is 10.2. The van der Waals surface area contributed by atoms with Crippen molar-refractivity contribution in [3.05, 3.63) is 66.0 Å². The standard InChI is InChI=1S/C15H15N3O2/c1-12(14-7-9-16-10-8-14)17-18-15(19)20-11-13-5-3-2-4-6-13/h2-10H,11H2,1H3,(H,18,19). The second kappa shape index (κ2) is 7.04. The maximum Gasteiger partial charge on any atom is 0.428 e. The van der Waals surface area contributed by atoms with Crippen molar-refractivity contribution >= 4 is 11.8 Å². The van der Waals surface area contributed by atoms with Crippen LogP contribution in [-0.4, -0.2) is 16.8 Å². The molecule has 2 aromatic rings. The summed E-state index contributed by atoms with van der Waals surface area (Å²) in [6.45, 7) is 2.02. The number of aromatic nitrogens is 1. The van der Waals surface area contributed by atoms with Gasteiger partial charge in [0.2, 0.25) is 0 Å². The molecule has 0 unspecified atom stereocenters. The summed E-state index contributed by atoms with van der Waals surface area (Å²) >= 11 is 0. The molecule has 1 N–H and O–H groups in total. The zero-order valence-corrected chi connectivity index (χ0v) is 11.1. The van der Waals surface area contributed by atoms with Crippen molar-refractivity contribution in [2.45, 2.75) is 13.5 Å². The van der Waals surface area contributed by atoms with Crippen LogP contribution in [0.1, 0.15) is 18.1 Å². The van der Waals surface area contributed by atoms with Crippen molar-refractivity contribution < 1.29 is 9.53 Å². The molecule has 2 rings (SSSR count). The smallest absolute Gasteiger partial charge is 0.428 e. The van der Waals surface area contributed by atoms with Crippen molar-refractivity contribution in [3.63, 3.8) is 0 Å². The lowest BCUT2D eigenvalue weighted by Crippen LogP contribution is -2.20. The van der Waals surface area contributed by atoms with Crippen LogP contribution in [0.3, 0.4) is 0 Å². The van der Waals surface area contributed by atoms with E-state index >= 15 is 0 Å². The van der Waals surface area contributed by atoms with Gasteiger partial charge in [-0.05, 0) is 24.6 Å². The molecule has 102 valence electrons. The van der Waals surface area contributed by atoms with Gasteiger partial charge in [-0.25, -0.2) is 10.2 Å². The second-order valence-electron chi connectivity index (χ2n) is 4.11. The maximum absolute atomic E-state index is 11.5. The Labute approximate surface area is 117 Å². The van der Waals surface area contributed by atoms with Crippen LogP contribution in [0.2, 0.25) is 0 Å². The van der Waals surface area contributed by atoms with Crippen molar-refractivity contribution in [2.75, 3.05) is 0 Å². The molecule has 0 bridgehead atoms. The third-order valence-corrected chi connectivity index (χ3v) is 2.63. The van der Waals surface area contributed by atoms with Crippen molar-refractivity contribution in [1.82, 2.24) is 10.4 Å². The van der Waals surface area contributed by atoms with Crippen LogP contribution in [0.25, 0.3) is 0 Å². The fraction of sp³-hybridized carbons (Fsp3) is 0.133. The van der Waals surface area contributed by atoms with Crippen LogP contribution < -0.4 is 5.43 Å². The zero-order chi connectivity index (χ0) is 14.2. The highest BCUT2D eigenvalue weighted by Gasteiger charge is 2.02. The maximum atomic E-state index is 11.5. The molecule has 0 spiro atoms. The van der Waals surface area contributed by atoms with Crippen LogP contribution in [0.5, 0.6) is 0 Å². The molecule has 5 heteroatoms.